The molecule has 2 heterocycles. The Morgan fingerprint density at radius 1 is 1.15 bits per heavy atom. The van der Waals surface area contributed by atoms with E-state index in [0.29, 0.717) is 11.4 Å². The van der Waals surface area contributed by atoms with Crippen LogP contribution in [0.2, 0.25) is 0 Å². The monoisotopic (exact) mass is 364 g/mol. The fourth-order valence-corrected chi connectivity index (χ4v) is 3.68. The summed E-state index contributed by atoms with van der Waals surface area (Å²) >= 11 is 0. The second-order valence-corrected chi connectivity index (χ2v) is 6.43. The van der Waals surface area contributed by atoms with Crippen molar-refractivity contribution >= 4 is 39.6 Å². The lowest BCUT2D eigenvalue weighted by molar-refractivity contribution is -0.134. The predicted octanol–water partition coefficient (Wildman–Crippen LogP) is 3.74. The Morgan fingerprint density at radius 3 is 2.56 bits per heavy atom. The molecule has 5 rings (SSSR count). The Balaban J connectivity index is 1.86. The molecule has 0 saturated heterocycles. The zero-order valence-electron chi connectivity index (χ0n) is 13.6. The van der Waals surface area contributed by atoms with E-state index in [0.717, 1.165) is 16.8 Å². The molecule has 0 saturated carbocycles. The summed E-state index contributed by atoms with van der Waals surface area (Å²) in [6, 6.07) is 9.96. The molecule has 3 aliphatic rings. The number of carboxylic acids is 1. The largest absolute Gasteiger partial charge is 0.477 e. The summed E-state index contributed by atoms with van der Waals surface area (Å²) in [6.07, 6.45) is 1.93. The molecule has 27 heavy (non-hydrogen) atoms. The van der Waals surface area contributed by atoms with Crippen molar-refractivity contribution in [1.29, 1.82) is 0 Å². The molecular formula is C20H10F2N2O3. The number of carbonyl (C=O) groups excluding carboxylic acids is 1. The zero-order valence-corrected chi connectivity index (χ0v) is 13.6. The summed E-state index contributed by atoms with van der Waals surface area (Å²) in [7, 11) is 0. The van der Waals surface area contributed by atoms with E-state index in [1.165, 1.54) is 11.1 Å². The number of aliphatic carboxylic acids is 1. The number of hydrogen-bond donors (Lipinski definition) is 1. The van der Waals surface area contributed by atoms with Gasteiger partial charge in [0.1, 0.15) is 17.3 Å². The van der Waals surface area contributed by atoms with E-state index < -0.39 is 35.0 Å². The standard InChI is InChI=1S/C20H10F2N2O3/c21-13-7-11-18-17(16(13)22)23-14-5-9-3-1-2-4-10(9)6-15(14)24(18)8-12(19(11)25)20(26)27/h1-8,18H,(H,26,27). The van der Waals surface area contributed by atoms with Crippen molar-refractivity contribution in [3.63, 3.8) is 0 Å². The van der Waals surface area contributed by atoms with Crippen molar-refractivity contribution < 1.29 is 23.5 Å². The third-order valence-electron chi connectivity index (χ3n) is 4.92. The second-order valence-electron chi connectivity index (χ2n) is 6.43. The van der Waals surface area contributed by atoms with Gasteiger partial charge in [-0.3, -0.25) is 4.79 Å². The van der Waals surface area contributed by atoms with E-state index in [2.05, 4.69) is 4.99 Å². The lowest BCUT2D eigenvalue weighted by Gasteiger charge is -2.40. The highest BCUT2D eigenvalue weighted by molar-refractivity contribution is 6.30. The first-order chi connectivity index (χ1) is 13.0. The molecule has 1 N–H and O–H groups in total. The number of halogens is 2. The lowest BCUT2D eigenvalue weighted by Crippen LogP contribution is -2.49. The number of aliphatic imine (C=N–C) groups is 1. The number of anilines is 1. The number of rotatable bonds is 1. The van der Waals surface area contributed by atoms with Crippen molar-refractivity contribution in [2.75, 3.05) is 4.90 Å². The Morgan fingerprint density at radius 2 is 1.85 bits per heavy atom. The van der Waals surface area contributed by atoms with Crippen LogP contribution in [0.5, 0.6) is 0 Å². The summed E-state index contributed by atoms with van der Waals surface area (Å²) in [4.78, 5) is 29.8. The van der Waals surface area contributed by atoms with Gasteiger partial charge in [0, 0.05) is 11.8 Å². The van der Waals surface area contributed by atoms with Gasteiger partial charge in [-0.25, -0.2) is 18.6 Å². The van der Waals surface area contributed by atoms with Crippen molar-refractivity contribution in [3.8, 4) is 0 Å². The molecule has 0 fully saturated rings. The maximum absolute atomic E-state index is 14.5. The molecule has 2 aliphatic heterocycles. The number of ketones is 1. The molecule has 0 aromatic heterocycles. The Hall–Kier alpha value is -3.61. The number of nitrogens with zero attached hydrogens (tertiary/aromatic N) is 2. The number of fused-ring (bicyclic) bond motifs is 3. The van der Waals surface area contributed by atoms with Crippen LogP contribution in [-0.4, -0.2) is 28.6 Å². The van der Waals surface area contributed by atoms with Crippen LogP contribution in [0.3, 0.4) is 0 Å². The van der Waals surface area contributed by atoms with Crippen molar-refractivity contribution in [1.82, 2.24) is 0 Å². The molecule has 0 amide bonds. The molecule has 132 valence electrons. The topological polar surface area (TPSA) is 70.0 Å². The van der Waals surface area contributed by atoms with Crippen LogP contribution in [-0.2, 0) is 9.59 Å². The average molecular weight is 364 g/mol. The summed E-state index contributed by atoms with van der Waals surface area (Å²) < 4.78 is 28.5. The SMILES string of the molecule is O=C(O)C1=CN2c3cc4ccccc4cc3N=C3C(F)=C(F)C=C(C1=O)C32. The van der Waals surface area contributed by atoms with Gasteiger partial charge in [0.05, 0.1) is 11.4 Å². The van der Waals surface area contributed by atoms with Gasteiger partial charge >= 0.3 is 5.97 Å². The molecule has 2 aromatic carbocycles. The molecule has 0 bridgehead atoms. The summed E-state index contributed by atoms with van der Waals surface area (Å²) in [5, 5.41) is 11.1. The van der Waals surface area contributed by atoms with Gasteiger partial charge < -0.3 is 10.0 Å². The minimum Gasteiger partial charge on any atom is -0.477 e. The molecule has 1 atom stereocenters. The fourth-order valence-electron chi connectivity index (χ4n) is 3.68. The first kappa shape index (κ1) is 15.6. The average Bonchev–Trinajstić information content (AvgIpc) is 2.65. The Labute approximate surface area is 151 Å². The van der Waals surface area contributed by atoms with E-state index in [-0.39, 0.29) is 11.3 Å². The predicted molar refractivity (Wildman–Crippen MR) is 95.4 cm³/mol. The van der Waals surface area contributed by atoms with Crippen LogP contribution in [0.4, 0.5) is 20.2 Å². The molecule has 5 nitrogen and oxygen atoms in total. The molecule has 7 heteroatoms. The van der Waals surface area contributed by atoms with Crippen LogP contribution >= 0.6 is 0 Å². The number of carboxylic acid groups (broad SMARTS) is 1. The van der Waals surface area contributed by atoms with Gasteiger partial charge in [0.15, 0.2) is 17.4 Å². The van der Waals surface area contributed by atoms with Crippen molar-refractivity contribution in [2.45, 2.75) is 6.04 Å². The first-order valence-corrected chi connectivity index (χ1v) is 8.12. The second kappa shape index (κ2) is 5.20. The van der Waals surface area contributed by atoms with Gasteiger partial charge in [0.2, 0.25) is 0 Å². The molecule has 0 radical (unpaired) electrons. The van der Waals surface area contributed by atoms with Crippen LogP contribution in [0.25, 0.3) is 10.8 Å². The van der Waals surface area contributed by atoms with E-state index >= 15 is 0 Å². The molecule has 1 aliphatic carbocycles. The minimum absolute atomic E-state index is 0.147. The number of allylic oxidation sites excluding steroid dienone is 2. The maximum Gasteiger partial charge on any atom is 0.341 e. The summed E-state index contributed by atoms with van der Waals surface area (Å²) in [5.74, 6) is -4.65. The third kappa shape index (κ3) is 2.05. The number of carbonyl (C=O) groups is 2. The zero-order chi connectivity index (χ0) is 18.9. The lowest BCUT2D eigenvalue weighted by atomic mass is 9.84. The molecule has 1 unspecified atom stereocenters. The van der Waals surface area contributed by atoms with Gasteiger partial charge in [-0.1, -0.05) is 24.3 Å². The van der Waals surface area contributed by atoms with Gasteiger partial charge in [-0.2, -0.15) is 0 Å². The molecule has 2 aromatic rings. The Kier molecular flexibility index (Phi) is 3.01. The highest BCUT2D eigenvalue weighted by atomic mass is 19.2. The van der Waals surface area contributed by atoms with Gasteiger partial charge in [-0.05, 0) is 29.0 Å². The molecule has 0 spiro atoms. The quantitative estimate of drug-likeness (QED) is 0.783. The third-order valence-corrected chi connectivity index (χ3v) is 4.92. The maximum atomic E-state index is 14.5. The van der Waals surface area contributed by atoms with E-state index in [1.807, 2.05) is 24.3 Å². The number of benzene rings is 2. The summed E-state index contributed by atoms with van der Waals surface area (Å²) in [6.45, 7) is 0. The Bertz CT molecular complexity index is 1210. The summed E-state index contributed by atoms with van der Waals surface area (Å²) in [5.41, 5.74) is 0.00958. The minimum atomic E-state index is -1.43. The van der Waals surface area contributed by atoms with E-state index in [1.54, 1.807) is 12.1 Å². The van der Waals surface area contributed by atoms with Crippen LogP contribution in [0, 0.1) is 0 Å². The smallest absolute Gasteiger partial charge is 0.341 e. The van der Waals surface area contributed by atoms with Crippen LogP contribution < -0.4 is 4.90 Å². The van der Waals surface area contributed by atoms with E-state index in [9.17, 15) is 23.5 Å². The van der Waals surface area contributed by atoms with Crippen molar-refractivity contribution in [2.24, 2.45) is 4.99 Å². The van der Waals surface area contributed by atoms with Crippen molar-refractivity contribution in [3.05, 3.63) is 71.5 Å². The fraction of sp³-hybridized carbons (Fsp3) is 0.0500. The number of Topliss-reactive ketones (excluding diaryl/α,β-unsaturated/α-hetero) is 1. The highest BCUT2D eigenvalue weighted by Gasteiger charge is 2.45. The van der Waals surface area contributed by atoms with Gasteiger partial charge in [0.25, 0.3) is 0 Å². The normalized spacial score (nSPS) is 20.7. The van der Waals surface area contributed by atoms with Crippen LogP contribution in [0.1, 0.15) is 0 Å². The van der Waals surface area contributed by atoms with E-state index in [4.69, 9.17) is 0 Å². The van der Waals surface area contributed by atoms with Crippen LogP contribution in [0.15, 0.2) is 76.5 Å². The highest BCUT2D eigenvalue weighted by Crippen LogP contribution is 2.45. The first-order valence-electron chi connectivity index (χ1n) is 8.12. The van der Waals surface area contributed by atoms with Gasteiger partial charge in [-0.15, -0.1) is 0 Å². The number of hydrogen-bond acceptors (Lipinski definition) is 4. The molecular weight excluding hydrogens is 354 g/mol.